The zero-order chi connectivity index (χ0) is 11.8. The minimum atomic E-state index is -0.726. The van der Waals surface area contributed by atoms with E-state index >= 15 is 0 Å². The molecule has 0 aliphatic heterocycles. The van der Waals surface area contributed by atoms with Gasteiger partial charge in [0.2, 0.25) is 0 Å². The van der Waals surface area contributed by atoms with Gasteiger partial charge in [0.1, 0.15) is 4.75 Å². The molecule has 0 bridgehead atoms. The van der Waals surface area contributed by atoms with E-state index in [1.165, 1.54) is 5.56 Å². The Morgan fingerprint density at radius 3 is 2.56 bits per heavy atom. The number of carbonyl (C=O) groups is 1. The standard InChI is InChI=1S/C13H16O2S/c1-13(2,12(14)15)16-11-8-10(11)9-6-4-3-5-7-9/h3-7,10-11H,8H2,1-2H3,(H,14,15). The van der Waals surface area contributed by atoms with Crippen LogP contribution in [-0.4, -0.2) is 21.1 Å². The van der Waals surface area contributed by atoms with Gasteiger partial charge in [-0.1, -0.05) is 30.3 Å². The number of carboxylic acid groups (broad SMARTS) is 1. The van der Waals surface area contributed by atoms with Gasteiger partial charge in [0, 0.05) is 5.25 Å². The Bertz CT molecular complexity index is 386. The summed E-state index contributed by atoms with van der Waals surface area (Å²) in [4.78, 5) is 11.0. The summed E-state index contributed by atoms with van der Waals surface area (Å²) in [7, 11) is 0. The van der Waals surface area contributed by atoms with Gasteiger partial charge in [0.05, 0.1) is 0 Å². The van der Waals surface area contributed by atoms with Crippen molar-refractivity contribution >= 4 is 17.7 Å². The maximum absolute atomic E-state index is 11.0. The van der Waals surface area contributed by atoms with E-state index in [2.05, 4.69) is 12.1 Å². The summed E-state index contributed by atoms with van der Waals surface area (Å²) in [6.07, 6.45) is 1.10. The van der Waals surface area contributed by atoms with Crippen LogP contribution in [0.3, 0.4) is 0 Å². The van der Waals surface area contributed by atoms with Crippen molar-refractivity contribution in [3.63, 3.8) is 0 Å². The quantitative estimate of drug-likeness (QED) is 0.872. The van der Waals surface area contributed by atoms with E-state index in [1.54, 1.807) is 25.6 Å². The average Bonchev–Trinajstić information content (AvgIpc) is 2.97. The van der Waals surface area contributed by atoms with Crippen molar-refractivity contribution in [3.8, 4) is 0 Å². The average molecular weight is 236 g/mol. The first-order valence-electron chi connectivity index (χ1n) is 5.47. The molecule has 3 heteroatoms. The smallest absolute Gasteiger partial charge is 0.319 e. The normalized spacial score (nSPS) is 24.1. The summed E-state index contributed by atoms with van der Waals surface area (Å²) >= 11 is 1.58. The second kappa shape index (κ2) is 4.13. The van der Waals surface area contributed by atoms with Gasteiger partial charge in [-0.2, -0.15) is 0 Å². The van der Waals surface area contributed by atoms with Crippen molar-refractivity contribution in [2.45, 2.75) is 36.2 Å². The topological polar surface area (TPSA) is 37.3 Å². The molecule has 1 aliphatic carbocycles. The molecule has 1 aromatic carbocycles. The van der Waals surface area contributed by atoms with Crippen LogP contribution < -0.4 is 0 Å². The third-order valence-electron chi connectivity index (χ3n) is 2.92. The van der Waals surface area contributed by atoms with E-state index in [0.717, 1.165) is 6.42 Å². The molecule has 1 aliphatic rings. The first-order valence-corrected chi connectivity index (χ1v) is 6.35. The molecule has 0 spiro atoms. The Morgan fingerprint density at radius 1 is 1.38 bits per heavy atom. The predicted molar refractivity (Wildman–Crippen MR) is 66.9 cm³/mol. The van der Waals surface area contributed by atoms with Gasteiger partial charge < -0.3 is 5.11 Å². The van der Waals surface area contributed by atoms with Gasteiger partial charge in [-0.15, -0.1) is 11.8 Å². The van der Waals surface area contributed by atoms with Gasteiger partial charge in [-0.3, -0.25) is 4.79 Å². The first kappa shape index (κ1) is 11.5. The molecular formula is C13H16O2S. The van der Waals surface area contributed by atoms with E-state index in [4.69, 9.17) is 5.11 Å². The van der Waals surface area contributed by atoms with Crippen LogP contribution >= 0.6 is 11.8 Å². The Hall–Kier alpha value is -0.960. The maximum atomic E-state index is 11.0. The molecule has 2 rings (SSSR count). The minimum absolute atomic E-state index is 0.466. The van der Waals surface area contributed by atoms with Crippen molar-refractivity contribution in [1.82, 2.24) is 0 Å². The number of benzene rings is 1. The lowest BCUT2D eigenvalue weighted by Gasteiger charge is -2.18. The van der Waals surface area contributed by atoms with Crippen LogP contribution in [0.25, 0.3) is 0 Å². The number of carboxylic acids is 1. The Kier molecular flexibility index (Phi) is 2.98. The fraction of sp³-hybridized carbons (Fsp3) is 0.462. The molecule has 1 saturated carbocycles. The molecule has 16 heavy (non-hydrogen) atoms. The lowest BCUT2D eigenvalue weighted by Crippen LogP contribution is -2.28. The van der Waals surface area contributed by atoms with Crippen LogP contribution in [-0.2, 0) is 4.79 Å². The summed E-state index contributed by atoms with van der Waals surface area (Å²) in [5, 5.41) is 9.52. The molecule has 0 heterocycles. The second-order valence-electron chi connectivity index (χ2n) is 4.72. The van der Waals surface area contributed by atoms with E-state index in [9.17, 15) is 4.79 Å². The third-order valence-corrected chi connectivity index (χ3v) is 4.51. The highest BCUT2D eigenvalue weighted by Crippen LogP contribution is 2.52. The van der Waals surface area contributed by atoms with Crippen LogP contribution in [0, 0.1) is 0 Å². The summed E-state index contributed by atoms with van der Waals surface area (Å²) in [6, 6.07) is 10.3. The first-order chi connectivity index (χ1) is 7.50. The molecule has 0 aromatic heterocycles. The van der Waals surface area contributed by atoms with Gasteiger partial charge >= 0.3 is 5.97 Å². The molecule has 2 atom stereocenters. The van der Waals surface area contributed by atoms with E-state index < -0.39 is 10.7 Å². The maximum Gasteiger partial charge on any atom is 0.319 e. The highest BCUT2D eigenvalue weighted by molar-refractivity contribution is 8.02. The highest BCUT2D eigenvalue weighted by Gasteiger charge is 2.44. The number of hydrogen-bond donors (Lipinski definition) is 1. The Balaban J connectivity index is 1.96. The summed E-state index contributed by atoms with van der Waals surface area (Å²) in [6.45, 7) is 3.56. The number of aliphatic carboxylic acids is 1. The predicted octanol–water partition coefficient (Wildman–Crippen LogP) is 3.14. The molecular weight excluding hydrogens is 220 g/mol. The van der Waals surface area contributed by atoms with Crippen LogP contribution in [0.15, 0.2) is 30.3 Å². The van der Waals surface area contributed by atoms with E-state index in [-0.39, 0.29) is 0 Å². The summed E-state index contributed by atoms with van der Waals surface area (Å²) in [5.41, 5.74) is 1.33. The molecule has 0 amide bonds. The Morgan fingerprint density at radius 2 is 2.00 bits per heavy atom. The molecule has 1 fully saturated rings. The third kappa shape index (κ3) is 2.40. The fourth-order valence-corrected chi connectivity index (χ4v) is 3.26. The highest BCUT2D eigenvalue weighted by atomic mass is 32.2. The van der Waals surface area contributed by atoms with Gasteiger partial charge in [-0.05, 0) is 31.7 Å². The van der Waals surface area contributed by atoms with Crippen molar-refractivity contribution in [2.75, 3.05) is 0 Å². The van der Waals surface area contributed by atoms with Gasteiger partial charge in [-0.25, -0.2) is 0 Å². The molecule has 1 aromatic rings. The summed E-state index contributed by atoms with van der Waals surface area (Å²) in [5.74, 6) is -0.180. The molecule has 2 nitrogen and oxygen atoms in total. The van der Waals surface area contributed by atoms with Gasteiger partial charge in [0.25, 0.3) is 0 Å². The molecule has 0 saturated heterocycles. The SMILES string of the molecule is CC(C)(SC1CC1c1ccccc1)C(=O)O. The molecule has 1 N–H and O–H groups in total. The minimum Gasteiger partial charge on any atom is -0.480 e. The fourth-order valence-electron chi connectivity index (χ4n) is 1.78. The zero-order valence-electron chi connectivity index (χ0n) is 9.51. The van der Waals surface area contributed by atoms with E-state index in [0.29, 0.717) is 11.2 Å². The lowest BCUT2D eigenvalue weighted by molar-refractivity contribution is -0.138. The van der Waals surface area contributed by atoms with E-state index in [1.807, 2.05) is 18.2 Å². The summed E-state index contributed by atoms with van der Waals surface area (Å²) < 4.78 is -0.672. The molecule has 86 valence electrons. The number of thioether (sulfide) groups is 1. The Labute approximate surface area is 100 Å². The zero-order valence-corrected chi connectivity index (χ0v) is 10.3. The largest absolute Gasteiger partial charge is 0.480 e. The van der Waals surface area contributed by atoms with Crippen molar-refractivity contribution in [3.05, 3.63) is 35.9 Å². The van der Waals surface area contributed by atoms with Crippen LogP contribution in [0.1, 0.15) is 31.7 Å². The van der Waals surface area contributed by atoms with Crippen LogP contribution in [0.4, 0.5) is 0 Å². The van der Waals surface area contributed by atoms with Crippen molar-refractivity contribution < 1.29 is 9.90 Å². The molecule has 0 radical (unpaired) electrons. The van der Waals surface area contributed by atoms with Crippen LogP contribution in [0.2, 0.25) is 0 Å². The number of rotatable bonds is 4. The van der Waals surface area contributed by atoms with Crippen molar-refractivity contribution in [2.24, 2.45) is 0 Å². The van der Waals surface area contributed by atoms with Crippen LogP contribution in [0.5, 0.6) is 0 Å². The monoisotopic (exact) mass is 236 g/mol. The van der Waals surface area contributed by atoms with Gasteiger partial charge in [0.15, 0.2) is 0 Å². The lowest BCUT2D eigenvalue weighted by atomic mass is 10.1. The number of hydrogen-bond acceptors (Lipinski definition) is 2. The van der Waals surface area contributed by atoms with Crippen molar-refractivity contribution in [1.29, 1.82) is 0 Å². The second-order valence-corrected chi connectivity index (χ2v) is 6.59. The molecule has 2 unspecified atom stereocenters.